The molecule has 2 aromatic heterocycles. The van der Waals surface area contributed by atoms with Gasteiger partial charge >= 0.3 is 0 Å². The van der Waals surface area contributed by atoms with Gasteiger partial charge in [0, 0.05) is 59.6 Å². The molecule has 0 saturated carbocycles. The summed E-state index contributed by atoms with van der Waals surface area (Å²) in [6, 6.07) is 20.8. The number of hydrogen-bond donors (Lipinski definition) is 1. The number of benzene rings is 2. The first-order valence-electron chi connectivity index (χ1n) is 11.5. The maximum absolute atomic E-state index is 9.10. The lowest BCUT2D eigenvalue weighted by Crippen LogP contribution is -2.54. The van der Waals surface area contributed by atoms with Gasteiger partial charge in [0.1, 0.15) is 11.6 Å². The average Bonchev–Trinajstić information content (AvgIpc) is 2.87. The second kappa shape index (κ2) is 9.12. The van der Waals surface area contributed by atoms with Gasteiger partial charge in [0.15, 0.2) is 0 Å². The van der Waals surface area contributed by atoms with Crippen molar-refractivity contribution in [3.63, 3.8) is 0 Å². The number of methoxy groups -OCH3 is 1. The van der Waals surface area contributed by atoms with Crippen molar-refractivity contribution in [2.45, 2.75) is 25.9 Å². The number of nitriles is 1. The van der Waals surface area contributed by atoms with Crippen LogP contribution in [0.3, 0.4) is 0 Å². The molecule has 1 fully saturated rings. The zero-order valence-electron chi connectivity index (χ0n) is 19.6. The highest BCUT2D eigenvalue weighted by Crippen LogP contribution is 2.39. The van der Waals surface area contributed by atoms with Gasteiger partial charge in [-0.15, -0.1) is 0 Å². The molecule has 6 nitrogen and oxygen atoms in total. The van der Waals surface area contributed by atoms with Crippen LogP contribution in [0.1, 0.15) is 19.4 Å². The fraction of sp³-hybridized carbons (Fsp3) is 0.250. The number of aromatic nitrogens is 2. The minimum Gasteiger partial charge on any atom is -0.495 e. The Morgan fingerprint density at radius 3 is 2.29 bits per heavy atom. The van der Waals surface area contributed by atoms with Gasteiger partial charge in [0.05, 0.1) is 24.3 Å². The molecule has 0 bridgehead atoms. The Balaban J connectivity index is 1.52. The molecule has 1 aliphatic heterocycles. The molecule has 4 aromatic rings. The maximum Gasteiger partial charge on any atom is 0.137 e. The number of rotatable bonds is 4. The SMILES string of the molecule is COc1c(-c2ccc(N3C[C@@H](C)N[C@@H](C)C3)nc2)cnc2c(-c3ccc(C#N)cc3)cccc12. The number of pyridine rings is 2. The van der Waals surface area contributed by atoms with Gasteiger partial charge in [-0.2, -0.15) is 5.26 Å². The summed E-state index contributed by atoms with van der Waals surface area (Å²) in [5.41, 5.74) is 5.39. The first-order valence-corrected chi connectivity index (χ1v) is 11.5. The number of piperazine rings is 1. The van der Waals surface area contributed by atoms with Crippen LogP contribution < -0.4 is 15.0 Å². The third kappa shape index (κ3) is 4.07. The Bertz CT molecular complexity index is 1350. The molecule has 0 radical (unpaired) electrons. The lowest BCUT2D eigenvalue weighted by atomic mass is 9.98. The summed E-state index contributed by atoms with van der Waals surface area (Å²) >= 11 is 0. The summed E-state index contributed by atoms with van der Waals surface area (Å²) in [6.45, 7) is 6.29. The van der Waals surface area contributed by atoms with E-state index in [1.807, 2.05) is 54.9 Å². The number of ether oxygens (including phenoxy) is 1. The van der Waals surface area contributed by atoms with Crippen LogP contribution in [0.2, 0.25) is 0 Å². The van der Waals surface area contributed by atoms with Gasteiger partial charge in [-0.05, 0) is 49.7 Å². The molecule has 170 valence electrons. The summed E-state index contributed by atoms with van der Waals surface area (Å²) < 4.78 is 5.89. The highest BCUT2D eigenvalue weighted by atomic mass is 16.5. The van der Waals surface area contributed by atoms with Gasteiger partial charge in [0.2, 0.25) is 0 Å². The van der Waals surface area contributed by atoms with Crippen molar-refractivity contribution in [2.75, 3.05) is 25.1 Å². The number of nitrogens with zero attached hydrogens (tertiary/aromatic N) is 4. The maximum atomic E-state index is 9.10. The van der Waals surface area contributed by atoms with E-state index in [0.717, 1.165) is 57.8 Å². The molecule has 0 aliphatic carbocycles. The largest absolute Gasteiger partial charge is 0.495 e. The van der Waals surface area contributed by atoms with Crippen molar-refractivity contribution < 1.29 is 4.74 Å². The number of fused-ring (bicyclic) bond motifs is 1. The number of nitrogens with one attached hydrogen (secondary N) is 1. The lowest BCUT2D eigenvalue weighted by molar-refractivity contribution is 0.405. The molecule has 3 heterocycles. The van der Waals surface area contributed by atoms with Gasteiger partial charge in [-0.1, -0.05) is 24.3 Å². The Hall–Kier alpha value is -3.95. The Kier molecular flexibility index (Phi) is 5.87. The van der Waals surface area contributed by atoms with Gasteiger partial charge in [0.25, 0.3) is 0 Å². The molecule has 0 amide bonds. The summed E-state index contributed by atoms with van der Waals surface area (Å²) in [5.74, 6) is 1.76. The summed E-state index contributed by atoms with van der Waals surface area (Å²) in [4.78, 5) is 11.9. The molecule has 1 N–H and O–H groups in total. The molecule has 1 saturated heterocycles. The molecule has 2 aromatic carbocycles. The van der Waals surface area contributed by atoms with Gasteiger partial charge in [-0.25, -0.2) is 4.98 Å². The predicted octanol–water partition coefficient (Wildman–Crippen LogP) is 5.03. The van der Waals surface area contributed by atoms with Crippen LogP contribution >= 0.6 is 0 Å². The highest BCUT2D eigenvalue weighted by Gasteiger charge is 2.22. The molecule has 0 spiro atoms. The molecule has 6 heteroatoms. The second-order valence-corrected chi connectivity index (χ2v) is 8.87. The van der Waals surface area contributed by atoms with E-state index >= 15 is 0 Å². The van der Waals surface area contributed by atoms with Crippen LogP contribution in [-0.4, -0.2) is 42.3 Å². The van der Waals surface area contributed by atoms with E-state index in [1.54, 1.807) is 7.11 Å². The van der Waals surface area contributed by atoms with Crippen molar-refractivity contribution in [3.8, 4) is 34.1 Å². The normalized spacial score (nSPS) is 18.0. The van der Waals surface area contributed by atoms with Crippen LogP contribution in [0.15, 0.2) is 67.0 Å². The summed E-state index contributed by atoms with van der Waals surface area (Å²) in [7, 11) is 1.69. The van der Waals surface area contributed by atoms with Crippen LogP contribution in [-0.2, 0) is 0 Å². The molecule has 34 heavy (non-hydrogen) atoms. The molecule has 1 aliphatic rings. The molecular weight excluding hydrogens is 422 g/mol. The third-order valence-electron chi connectivity index (χ3n) is 6.32. The minimum absolute atomic E-state index is 0.431. The molecule has 0 unspecified atom stereocenters. The molecular formula is C28H27N5O. The first-order chi connectivity index (χ1) is 16.6. The average molecular weight is 450 g/mol. The van der Waals surface area contributed by atoms with Crippen molar-refractivity contribution in [2.24, 2.45) is 0 Å². The number of anilines is 1. The Morgan fingerprint density at radius 1 is 0.912 bits per heavy atom. The molecule has 5 rings (SSSR count). The van der Waals surface area contributed by atoms with E-state index in [0.29, 0.717) is 17.6 Å². The van der Waals surface area contributed by atoms with Crippen molar-refractivity contribution in [1.29, 1.82) is 5.26 Å². The summed E-state index contributed by atoms with van der Waals surface area (Å²) in [6.07, 6.45) is 3.77. The fourth-order valence-corrected chi connectivity index (χ4v) is 4.83. The first kappa shape index (κ1) is 21.9. The monoisotopic (exact) mass is 449 g/mol. The summed E-state index contributed by atoms with van der Waals surface area (Å²) in [5, 5.41) is 13.6. The second-order valence-electron chi connectivity index (χ2n) is 8.87. The lowest BCUT2D eigenvalue weighted by Gasteiger charge is -2.36. The Morgan fingerprint density at radius 2 is 1.65 bits per heavy atom. The zero-order valence-corrected chi connectivity index (χ0v) is 19.6. The smallest absolute Gasteiger partial charge is 0.137 e. The zero-order chi connectivity index (χ0) is 23.7. The van der Waals surface area contributed by atoms with Gasteiger partial charge in [-0.3, -0.25) is 4.98 Å². The van der Waals surface area contributed by atoms with Crippen molar-refractivity contribution >= 4 is 16.7 Å². The van der Waals surface area contributed by atoms with Crippen LogP contribution in [0.25, 0.3) is 33.2 Å². The Labute approximate surface area is 199 Å². The predicted molar refractivity (Wildman–Crippen MR) is 136 cm³/mol. The van der Waals surface area contributed by atoms with E-state index in [2.05, 4.69) is 42.3 Å². The van der Waals surface area contributed by atoms with E-state index in [1.165, 1.54) is 0 Å². The van der Waals surface area contributed by atoms with Crippen molar-refractivity contribution in [3.05, 3.63) is 72.6 Å². The molecule has 2 atom stereocenters. The topological polar surface area (TPSA) is 74.1 Å². The quantitative estimate of drug-likeness (QED) is 0.471. The fourth-order valence-electron chi connectivity index (χ4n) is 4.83. The minimum atomic E-state index is 0.431. The van der Waals surface area contributed by atoms with E-state index in [-0.39, 0.29) is 0 Å². The van der Waals surface area contributed by atoms with E-state index < -0.39 is 0 Å². The number of para-hydroxylation sites is 1. The third-order valence-corrected chi connectivity index (χ3v) is 6.32. The van der Waals surface area contributed by atoms with Crippen LogP contribution in [0.5, 0.6) is 5.75 Å². The van der Waals surface area contributed by atoms with E-state index in [4.69, 9.17) is 20.0 Å². The van der Waals surface area contributed by atoms with Gasteiger partial charge < -0.3 is 15.0 Å². The highest BCUT2D eigenvalue weighted by molar-refractivity contribution is 6.00. The van der Waals surface area contributed by atoms with Crippen LogP contribution in [0.4, 0.5) is 5.82 Å². The van der Waals surface area contributed by atoms with Crippen LogP contribution in [0, 0.1) is 11.3 Å². The standard InChI is InChI=1S/C28H27N5O/c1-18-16-33(17-19(2)32-18)26-12-11-22(14-30-26)25-15-31-27-23(5-4-6-24(27)28(25)34-3)21-9-7-20(13-29)8-10-21/h4-12,14-15,18-19,32H,16-17H2,1-3H3/t18-,19+. The van der Waals surface area contributed by atoms with Crippen molar-refractivity contribution in [1.82, 2.24) is 15.3 Å². The van der Waals surface area contributed by atoms with E-state index in [9.17, 15) is 0 Å². The number of hydrogen-bond acceptors (Lipinski definition) is 6.